The van der Waals surface area contributed by atoms with Crippen molar-refractivity contribution in [1.29, 1.82) is 0 Å². The molecule has 1 amide bonds. The van der Waals surface area contributed by atoms with Crippen LogP contribution in [0.5, 0.6) is 0 Å². The van der Waals surface area contributed by atoms with Gasteiger partial charge in [-0.15, -0.1) is 0 Å². The maximum absolute atomic E-state index is 11.4. The third kappa shape index (κ3) is 2.66. The molecule has 0 radical (unpaired) electrons. The maximum Gasteiger partial charge on any atom is 0.407 e. The van der Waals surface area contributed by atoms with Gasteiger partial charge in [0.2, 0.25) is 0 Å². The van der Waals surface area contributed by atoms with Crippen LogP contribution < -0.4 is 5.32 Å². The highest BCUT2D eigenvalue weighted by molar-refractivity contribution is 6.74. The first-order valence-electron chi connectivity index (χ1n) is 7.03. The lowest BCUT2D eigenvalue weighted by Crippen LogP contribution is -2.56. The molecule has 0 unspecified atom stereocenters. The van der Waals surface area contributed by atoms with Crippen LogP contribution in [-0.2, 0) is 4.43 Å². The zero-order chi connectivity index (χ0) is 14.4. The smallest absolute Gasteiger partial charge is 0.407 e. The minimum Gasteiger partial charge on any atom is -0.465 e. The van der Waals surface area contributed by atoms with Crippen molar-refractivity contribution in [3.05, 3.63) is 0 Å². The van der Waals surface area contributed by atoms with Crippen LogP contribution in [0.1, 0.15) is 27.2 Å². The zero-order valence-electron chi connectivity index (χ0n) is 12.6. The molecule has 2 fully saturated rings. The molecule has 2 rings (SSSR count). The van der Waals surface area contributed by atoms with Gasteiger partial charge in [-0.2, -0.15) is 0 Å². The van der Waals surface area contributed by atoms with Crippen molar-refractivity contribution in [2.24, 2.45) is 0 Å². The van der Waals surface area contributed by atoms with Gasteiger partial charge in [0.25, 0.3) is 0 Å². The van der Waals surface area contributed by atoms with Crippen LogP contribution in [0.25, 0.3) is 0 Å². The molecule has 2 aliphatic heterocycles. The van der Waals surface area contributed by atoms with E-state index in [0.29, 0.717) is 6.54 Å². The molecule has 0 saturated carbocycles. The lowest BCUT2D eigenvalue weighted by molar-refractivity contribution is 0.0839. The molecule has 2 saturated heterocycles. The van der Waals surface area contributed by atoms with E-state index in [2.05, 4.69) is 39.2 Å². The fourth-order valence-electron chi connectivity index (χ4n) is 2.78. The minimum atomic E-state index is -1.84. The molecular weight excluding hydrogens is 260 g/mol. The summed E-state index contributed by atoms with van der Waals surface area (Å²) in [5.74, 6) is 0. The van der Waals surface area contributed by atoms with E-state index in [0.717, 1.165) is 13.0 Å². The Morgan fingerprint density at radius 3 is 2.47 bits per heavy atom. The second-order valence-electron chi connectivity index (χ2n) is 7.22. The molecule has 2 bridgehead atoms. The van der Waals surface area contributed by atoms with Gasteiger partial charge < -0.3 is 14.8 Å². The predicted octanol–water partition coefficient (Wildman–Crippen LogP) is 2.10. The first kappa shape index (κ1) is 14.8. The second kappa shape index (κ2) is 4.75. The molecule has 6 heteroatoms. The van der Waals surface area contributed by atoms with Crippen LogP contribution in [0, 0.1) is 0 Å². The van der Waals surface area contributed by atoms with E-state index >= 15 is 0 Å². The quantitative estimate of drug-likeness (QED) is 0.763. The van der Waals surface area contributed by atoms with E-state index in [1.54, 1.807) is 4.90 Å². The Labute approximate surface area is 116 Å². The number of nitrogens with one attached hydrogen (secondary N) is 1. The third-order valence-corrected chi connectivity index (χ3v) is 9.40. The number of rotatable bonds is 2. The molecule has 0 spiro atoms. The molecule has 3 atom stereocenters. The average molecular weight is 286 g/mol. The number of amides is 1. The van der Waals surface area contributed by atoms with Crippen LogP contribution in [-0.4, -0.2) is 55.7 Å². The van der Waals surface area contributed by atoms with Crippen molar-refractivity contribution < 1.29 is 14.3 Å². The first-order valence-corrected chi connectivity index (χ1v) is 9.94. The van der Waals surface area contributed by atoms with Crippen LogP contribution in [0.2, 0.25) is 18.1 Å². The Bertz CT molecular complexity index is 367. The Morgan fingerprint density at radius 1 is 1.37 bits per heavy atom. The van der Waals surface area contributed by atoms with Gasteiger partial charge in [-0.3, -0.25) is 4.90 Å². The standard InChI is InChI=1S/C13H26N2O3Si/c1-13(2,3)19(4,5)18-11-6-9-7-14-8-10(11)15(9)12(16)17/h9-11,14H,6-8H2,1-5H3,(H,16,17)/t9-,10-,11-/m1/s1. The van der Waals surface area contributed by atoms with Gasteiger partial charge in [0.05, 0.1) is 18.2 Å². The molecule has 0 aromatic rings. The Balaban J connectivity index is 2.13. The number of carbonyl (C=O) groups is 1. The minimum absolute atomic E-state index is 0.0228. The van der Waals surface area contributed by atoms with Crippen molar-refractivity contribution in [2.45, 2.75) is 63.5 Å². The van der Waals surface area contributed by atoms with Gasteiger partial charge in [-0.05, 0) is 24.6 Å². The van der Waals surface area contributed by atoms with E-state index in [-0.39, 0.29) is 23.2 Å². The van der Waals surface area contributed by atoms with Crippen LogP contribution in [0.4, 0.5) is 4.79 Å². The number of hydrogen-bond donors (Lipinski definition) is 2. The lowest BCUT2D eigenvalue weighted by Gasteiger charge is -2.40. The highest BCUT2D eigenvalue weighted by Crippen LogP contribution is 2.40. The Hall–Kier alpha value is -0.593. The average Bonchev–Trinajstić information content (AvgIpc) is 2.44. The maximum atomic E-state index is 11.4. The molecule has 0 aromatic carbocycles. The molecule has 110 valence electrons. The summed E-state index contributed by atoms with van der Waals surface area (Å²) in [5, 5.41) is 12.8. The van der Waals surface area contributed by atoms with E-state index in [9.17, 15) is 9.90 Å². The van der Waals surface area contributed by atoms with Crippen molar-refractivity contribution in [1.82, 2.24) is 10.2 Å². The van der Waals surface area contributed by atoms with Crippen molar-refractivity contribution in [3.8, 4) is 0 Å². The Morgan fingerprint density at radius 2 is 2.00 bits per heavy atom. The van der Waals surface area contributed by atoms with Gasteiger partial charge in [-0.25, -0.2) is 4.79 Å². The van der Waals surface area contributed by atoms with E-state index in [1.807, 2.05) is 0 Å². The molecule has 2 heterocycles. The summed E-state index contributed by atoms with van der Waals surface area (Å²) in [5.41, 5.74) is 0. The Kier molecular flexibility index (Phi) is 3.70. The molecule has 19 heavy (non-hydrogen) atoms. The van der Waals surface area contributed by atoms with Gasteiger partial charge in [-0.1, -0.05) is 20.8 Å². The van der Waals surface area contributed by atoms with E-state index < -0.39 is 14.4 Å². The predicted molar refractivity (Wildman–Crippen MR) is 77.0 cm³/mol. The molecule has 2 aliphatic rings. The van der Waals surface area contributed by atoms with Crippen LogP contribution >= 0.6 is 0 Å². The summed E-state index contributed by atoms with van der Waals surface area (Å²) in [6.45, 7) is 12.6. The van der Waals surface area contributed by atoms with E-state index in [4.69, 9.17) is 4.43 Å². The topological polar surface area (TPSA) is 61.8 Å². The third-order valence-electron chi connectivity index (χ3n) is 4.89. The van der Waals surface area contributed by atoms with Gasteiger partial charge in [0, 0.05) is 13.1 Å². The normalized spacial score (nSPS) is 31.6. The zero-order valence-corrected chi connectivity index (χ0v) is 13.6. The molecule has 0 aromatic heterocycles. The number of piperazine rings is 1. The van der Waals surface area contributed by atoms with Crippen LogP contribution in [0.3, 0.4) is 0 Å². The molecule has 5 nitrogen and oxygen atoms in total. The highest BCUT2D eigenvalue weighted by atomic mass is 28.4. The highest BCUT2D eigenvalue weighted by Gasteiger charge is 2.50. The summed E-state index contributed by atoms with van der Waals surface area (Å²) in [7, 11) is -1.84. The number of hydrogen-bond acceptors (Lipinski definition) is 3. The fourth-order valence-corrected chi connectivity index (χ4v) is 4.14. The van der Waals surface area contributed by atoms with Crippen molar-refractivity contribution >= 4 is 14.4 Å². The van der Waals surface area contributed by atoms with Gasteiger partial charge >= 0.3 is 6.09 Å². The second-order valence-corrected chi connectivity index (χ2v) is 12.0. The fraction of sp³-hybridized carbons (Fsp3) is 0.923. The summed E-state index contributed by atoms with van der Waals surface area (Å²) in [6, 6.07) is 0.0522. The molecule has 2 N–H and O–H groups in total. The van der Waals surface area contributed by atoms with Gasteiger partial charge in [0.15, 0.2) is 8.32 Å². The monoisotopic (exact) mass is 286 g/mol. The summed E-state index contributed by atoms with van der Waals surface area (Å²) >= 11 is 0. The first-order chi connectivity index (χ1) is 8.63. The van der Waals surface area contributed by atoms with Crippen molar-refractivity contribution in [2.75, 3.05) is 13.1 Å². The molecular formula is C13H26N2O3Si. The summed E-state index contributed by atoms with van der Waals surface area (Å²) < 4.78 is 6.45. The number of carboxylic acid groups (broad SMARTS) is 1. The van der Waals surface area contributed by atoms with Crippen LogP contribution in [0.15, 0.2) is 0 Å². The molecule has 0 aliphatic carbocycles. The van der Waals surface area contributed by atoms with Gasteiger partial charge in [0.1, 0.15) is 0 Å². The number of nitrogens with zero attached hydrogens (tertiary/aromatic N) is 1. The van der Waals surface area contributed by atoms with Crippen molar-refractivity contribution in [3.63, 3.8) is 0 Å². The summed E-state index contributed by atoms with van der Waals surface area (Å²) in [6.07, 6.45) is 0.0750. The largest absolute Gasteiger partial charge is 0.465 e. The van der Waals surface area contributed by atoms with E-state index in [1.165, 1.54) is 0 Å². The summed E-state index contributed by atoms with van der Waals surface area (Å²) in [4.78, 5) is 13.0. The number of fused-ring (bicyclic) bond motifs is 2. The SMILES string of the molecule is CC(C)(C)[Si](C)(C)O[C@@H]1C[C@@H]2CNC[C@H]1N2C(=O)O. The lowest BCUT2D eigenvalue weighted by atomic mass is 10.2.